The Bertz CT molecular complexity index is 528. The second-order valence-electron chi connectivity index (χ2n) is 3.99. The number of halogens is 1. The Labute approximate surface area is 112 Å². The van der Waals surface area contributed by atoms with E-state index >= 15 is 0 Å². The van der Waals surface area contributed by atoms with Crippen LogP contribution < -0.4 is 9.47 Å². The zero-order chi connectivity index (χ0) is 13.9. The molecule has 0 unspecified atom stereocenters. The van der Waals surface area contributed by atoms with Gasteiger partial charge in [0.1, 0.15) is 0 Å². The van der Waals surface area contributed by atoms with Crippen molar-refractivity contribution in [2.75, 3.05) is 28.3 Å². The number of hydrogen-bond donors (Lipinski definition) is 0. The second kappa shape index (κ2) is 5.77. The molecule has 0 aliphatic carbocycles. The van der Waals surface area contributed by atoms with Crippen LogP contribution in [0.25, 0.3) is 0 Å². The zero-order valence-corrected chi connectivity index (χ0v) is 12.3. The summed E-state index contributed by atoms with van der Waals surface area (Å²) in [6, 6.07) is 2.99. The molecule has 0 saturated heterocycles. The molecule has 0 fully saturated rings. The lowest BCUT2D eigenvalue weighted by Crippen LogP contribution is -2.13. The van der Waals surface area contributed by atoms with Crippen molar-refractivity contribution in [2.24, 2.45) is 0 Å². The molecule has 0 aromatic heterocycles. The molecule has 18 heavy (non-hydrogen) atoms. The standard InChI is InChI=1S/C11H16ClNO4S/c1-13(2)7-8-5-9(16-3)10(17-4)6-11(8)18(12,14)15/h5-6H,7H2,1-4H3. The Morgan fingerprint density at radius 2 is 1.67 bits per heavy atom. The molecule has 1 rings (SSSR count). The third kappa shape index (κ3) is 3.51. The SMILES string of the molecule is COc1cc(CN(C)C)c(S(=O)(=O)Cl)cc1OC. The van der Waals surface area contributed by atoms with E-state index in [1.807, 2.05) is 19.0 Å². The normalized spacial score (nSPS) is 11.7. The van der Waals surface area contributed by atoms with Gasteiger partial charge < -0.3 is 14.4 Å². The molecule has 102 valence electrons. The Morgan fingerprint density at radius 1 is 1.17 bits per heavy atom. The number of hydrogen-bond acceptors (Lipinski definition) is 5. The van der Waals surface area contributed by atoms with E-state index in [-0.39, 0.29) is 4.90 Å². The van der Waals surface area contributed by atoms with Gasteiger partial charge in [-0.25, -0.2) is 8.42 Å². The van der Waals surface area contributed by atoms with Gasteiger partial charge in [0.2, 0.25) is 0 Å². The molecule has 7 heteroatoms. The Hall–Kier alpha value is -0.980. The van der Waals surface area contributed by atoms with Gasteiger partial charge in [0.15, 0.2) is 11.5 Å². The Kier molecular flexibility index (Phi) is 4.84. The van der Waals surface area contributed by atoms with Crippen molar-refractivity contribution in [1.29, 1.82) is 0 Å². The second-order valence-corrected chi connectivity index (χ2v) is 6.52. The van der Waals surface area contributed by atoms with Crippen LogP contribution in [0.3, 0.4) is 0 Å². The van der Waals surface area contributed by atoms with Gasteiger partial charge in [-0.3, -0.25) is 0 Å². The molecule has 0 bridgehead atoms. The first-order valence-electron chi connectivity index (χ1n) is 5.14. The average molecular weight is 294 g/mol. The summed E-state index contributed by atoms with van der Waals surface area (Å²) in [5, 5.41) is 0. The first-order chi connectivity index (χ1) is 8.29. The number of benzene rings is 1. The molecule has 0 radical (unpaired) electrons. The van der Waals surface area contributed by atoms with Gasteiger partial charge in [-0.1, -0.05) is 0 Å². The summed E-state index contributed by atoms with van der Waals surface area (Å²) in [5.74, 6) is 0.803. The maximum absolute atomic E-state index is 11.6. The molecule has 0 spiro atoms. The van der Waals surface area contributed by atoms with E-state index in [1.165, 1.54) is 20.3 Å². The third-order valence-electron chi connectivity index (χ3n) is 2.32. The van der Waals surface area contributed by atoms with Crippen molar-refractivity contribution in [2.45, 2.75) is 11.4 Å². The molecular weight excluding hydrogens is 278 g/mol. The van der Waals surface area contributed by atoms with Crippen molar-refractivity contribution < 1.29 is 17.9 Å². The summed E-state index contributed by atoms with van der Waals surface area (Å²) in [7, 11) is 8.20. The summed E-state index contributed by atoms with van der Waals surface area (Å²) in [4.78, 5) is 1.88. The monoisotopic (exact) mass is 293 g/mol. The van der Waals surface area contributed by atoms with E-state index in [2.05, 4.69) is 0 Å². The van der Waals surface area contributed by atoms with Crippen LogP contribution in [0.2, 0.25) is 0 Å². The molecule has 0 heterocycles. The molecule has 0 aliphatic heterocycles. The van der Waals surface area contributed by atoms with Gasteiger partial charge in [-0.2, -0.15) is 0 Å². The maximum atomic E-state index is 11.6. The fourth-order valence-electron chi connectivity index (χ4n) is 1.59. The van der Waals surface area contributed by atoms with Crippen LogP contribution >= 0.6 is 10.7 Å². The minimum Gasteiger partial charge on any atom is -0.493 e. The molecule has 5 nitrogen and oxygen atoms in total. The van der Waals surface area contributed by atoms with Gasteiger partial charge in [0.25, 0.3) is 9.05 Å². The Balaban J connectivity index is 3.46. The lowest BCUT2D eigenvalue weighted by Gasteiger charge is -2.16. The predicted molar refractivity (Wildman–Crippen MR) is 70.0 cm³/mol. The predicted octanol–water partition coefficient (Wildman–Crippen LogP) is 1.69. The van der Waals surface area contributed by atoms with Gasteiger partial charge in [-0.05, 0) is 25.7 Å². The van der Waals surface area contributed by atoms with E-state index < -0.39 is 9.05 Å². The molecule has 0 aliphatic rings. The fraction of sp³-hybridized carbons (Fsp3) is 0.455. The lowest BCUT2D eigenvalue weighted by atomic mass is 10.2. The topological polar surface area (TPSA) is 55.8 Å². The molecule has 0 amide bonds. The maximum Gasteiger partial charge on any atom is 0.261 e. The van der Waals surface area contributed by atoms with Crippen molar-refractivity contribution in [3.63, 3.8) is 0 Å². The molecule has 0 saturated carbocycles. The number of nitrogens with zero attached hydrogens (tertiary/aromatic N) is 1. The first kappa shape index (κ1) is 15.1. The molecule has 1 aromatic rings. The van der Waals surface area contributed by atoms with Crippen LogP contribution in [0.15, 0.2) is 17.0 Å². The van der Waals surface area contributed by atoms with Crippen LogP contribution in [0.4, 0.5) is 0 Å². The molecule has 0 atom stereocenters. The van der Waals surface area contributed by atoms with Gasteiger partial charge in [-0.15, -0.1) is 0 Å². The lowest BCUT2D eigenvalue weighted by molar-refractivity contribution is 0.350. The van der Waals surface area contributed by atoms with Crippen LogP contribution in [0, 0.1) is 0 Å². The number of methoxy groups -OCH3 is 2. The van der Waals surface area contributed by atoms with Crippen molar-refractivity contribution in [1.82, 2.24) is 4.90 Å². The van der Waals surface area contributed by atoms with Gasteiger partial charge in [0.05, 0.1) is 19.1 Å². The molecule has 0 N–H and O–H groups in total. The van der Waals surface area contributed by atoms with Crippen molar-refractivity contribution in [3.8, 4) is 11.5 Å². The molecule has 1 aromatic carbocycles. The minimum atomic E-state index is -3.83. The van der Waals surface area contributed by atoms with E-state index in [4.69, 9.17) is 20.2 Å². The molecular formula is C11H16ClNO4S. The summed E-state index contributed by atoms with van der Waals surface area (Å²) in [6.07, 6.45) is 0. The minimum absolute atomic E-state index is 0.0375. The highest BCUT2D eigenvalue weighted by molar-refractivity contribution is 8.13. The number of rotatable bonds is 5. The van der Waals surface area contributed by atoms with E-state index in [1.54, 1.807) is 6.07 Å². The van der Waals surface area contributed by atoms with Crippen molar-refractivity contribution >= 4 is 19.7 Å². The largest absolute Gasteiger partial charge is 0.493 e. The van der Waals surface area contributed by atoms with Crippen LogP contribution in [-0.4, -0.2) is 41.6 Å². The first-order valence-corrected chi connectivity index (χ1v) is 7.44. The third-order valence-corrected chi connectivity index (χ3v) is 3.72. The summed E-state index contributed by atoms with van der Waals surface area (Å²) < 4.78 is 33.3. The zero-order valence-electron chi connectivity index (χ0n) is 10.7. The van der Waals surface area contributed by atoms with Gasteiger partial charge >= 0.3 is 0 Å². The fourth-order valence-corrected chi connectivity index (χ4v) is 2.71. The van der Waals surface area contributed by atoms with Gasteiger partial charge in [0, 0.05) is 23.3 Å². The van der Waals surface area contributed by atoms with E-state index in [0.29, 0.717) is 23.6 Å². The summed E-state index contributed by atoms with van der Waals surface area (Å²) >= 11 is 0. The average Bonchev–Trinajstić information content (AvgIpc) is 2.26. The highest BCUT2D eigenvalue weighted by atomic mass is 35.7. The summed E-state index contributed by atoms with van der Waals surface area (Å²) in [5.41, 5.74) is 0.563. The van der Waals surface area contributed by atoms with E-state index in [9.17, 15) is 8.42 Å². The quantitative estimate of drug-likeness (QED) is 0.773. The van der Waals surface area contributed by atoms with Crippen LogP contribution in [-0.2, 0) is 15.6 Å². The van der Waals surface area contributed by atoms with E-state index in [0.717, 1.165) is 0 Å². The van der Waals surface area contributed by atoms with Crippen molar-refractivity contribution in [3.05, 3.63) is 17.7 Å². The summed E-state index contributed by atoms with van der Waals surface area (Å²) in [6.45, 7) is 0.432. The highest BCUT2D eigenvalue weighted by Gasteiger charge is 2.20. The Morgan fingerprint density at radius 3 is 2.06 bits per heavy atom. The van der Waals surface area contributed by atoms with Crippen LogP contribution in [0.5, 0.6) is 11.5 Å². The highest BCUT2D eigenvalue weighted by Crippen LogP contribution is 2.34. The van der Waals surface area contributed by atoms with Crippen LogP contribution in [0.1, 0.15) is 5.56 Å². The number of ether oxygens (including phenoxy) is 2. The smallest absolute Gasteiger partial charge is 0.261 e.